The highest BCUT2D eigenvalue weighted by molar-refractivity contribution is 6.06. The number of hydrogen-bond acceptors (Lipinski definition) is 10. The normalized spacial score (nSPS) is 20.9. The number of amides is 4. The molecule has 0 radical (unpaired) electrons. The van der Waals surface area contributed by atoms with Crippen molar-refractivity contribution in [2.24, 2.45) is 29.1 Å². The summed E-state index contributed by atoms with van der Waals surface area (Å²) in [6.45, 7) is 8.51. The second kappa shape index (κ2) is 19.4. The molecule has 14 heteroatoms. The molecule has 1 N–H and O–H groups in total. The average Bonchev–Trinajstić information content (AvgIpc) is 3.98. The quantitative estimate of drug-likeness (QED) is 0.0738. The van der Waals surface area contributed by atoms with Crippen molar-refractivity contribution in [2.75, 3.05) is 33.4 Å². The molecule has 1 saturated carbocycles. The summed E-state index contributed by atoms with van der Waals surface area (Å²) in [5, 5.41) is 11.7. The molecular weight excluding hydrogens is 716 g/mol. The van der Waals surface area contributed by atoms with E-state index in [-0.39, 0.29) is 85.1 Å². The van der Waals surface area contributed by atoms with Crippen LogP contribution >= 0.6 is 0 Å². The number of likely N-dealkylation sites (tertiary alicyclic amines) is 1. The summed E-state index contributed by atoms with van der Waals surface area (Å²) in [4.78, 5) is 79.8. The largest absolute Gasteiger partial charge is 0.464 e. The van der Waals surface area contributed by atoms with E-state index in [2.05, 4.69) is 27.8 Å². The first-order chi connectivity index (χ1) is 26.8. The Morgan fingerprint density at radius 3 is 2.30 bits per heavy atom. The van der Waals surface area contributed by atoms with Crippen LogP contribution in [0.2, 0.25) is 0 Å². The summed E-state index contributed by atoms with van der Waals surface area (Å²) >= 11 is 0. The van der Waals surface area contributed by atoms with E-state index in [0.29, 0.717) is 51.0 Å². The first-order valence-electron chi connectivity index (χ1n) is 20.0. The van der Waals surface area contributed by atoms with Crippen LogP contribution in [0.5, 0.6) is 0 Å². The molecule has 1 aliphatic heterocycles. The Balaban J connectivity index is 1.15. The van der Waals surface area contributed by atoms with Gasteiger partial charge in [0.2, 0.25) is 23.6 Å². The van der Waals surface area contributed by atoms with E-state index in [9.17, 15) is 28.8 Å². The molecule has 14 nitrogen and oxygen atoms in total. The Hall–Kier alpha value is -4.72. The van der Waals surface area contributed by atoms with Crippen molar-refractivity contribution in [2.45, 2.75) is 104 Å². The van der Waals surface area contributed by atoms with Gasteiger partial charge in [0, 0.05) is 45.0 Å². The number of Topliss-reactive ketones (excluding diaryl/α,β-unsaturated/α-hetero) is 1. The van der Waals surface area contributed by atoms with Crippen molar-refractivity contribution in [3.8, 4) is 0 Å². The number of aromatic nitrogens is 3. The number of nitrogens with one attached hydrogen (secondary N) is 1. The van der Waals surface area contributed by atoms with Gasteiger partial charge in [-0.15, -0.1) is 5.10 Å². The molecule has 2 bridgehead atoms. The Morgan fingerprint density at radius 1 is 0.964 bits per heavy atom. The Bertz CT molecular complexity index is 1710. The molecule has 5 rings (SSSR count). The number of benzene rings is 1. The van der Waals surface area contributed by atoms with Crippen molar-refractivity contribution in [3.63, 3.8) is 0 Å². The van der Waals surface area contributed by atoms with Gasteiger partial charge in [-0.05, 0) is 63.4 Å². The summed E-state index contributed by atoms with van der Waals surface area (Å²) in [6, 6.07) is 9.58. The molecule has 2 unspecified atom stereocenters. The Morgan fingerprint density at radius 2 is 1.64 bits per heavy atom. The molecule has 1 aromatic heterocycles. The van der Waals surface area contributed by atoms with Gasteiger partial charge in [-0.3, -0.25) is 28.9 Å². The Kier molecular flexibility index (Phi) is 14.7. The fourth-order valence-corrected chi connectivity index (χ4v) is 7.96. The number of allylic oxidation sites excluding steroid dienone is 2. The lowest BCUT2D eigenvalue weighted by Gasteiger charge is -2.27. The number of esters is 1. The molecule has 1 saturated heterocycles. The number of carbonyl (C=O) groups excluding carboxylic acids is 6. The molecule has 3 aliphatic rings. The third kappa shape index (κ3) is 10.6. The van der Waals surface area contributed by atoms with E-state index in [1.165, 1.54) is 12.0 Å². The minimum absolute atomic E-state index is 0.00187. The van der Waals surface area contributed by atoms with Crippen molar-refractivity contribution in [3.05, 3.63) is 59.9 Å². The third-order valence-corrected chi connectivity index (χ3v) is 11.7. The number of ketones is 1. The summed E-state index contributed by atoms with van der Waals surface area (Å²) in [5.41, 5.74) is 0.971. The number of nitrogens with zero attached hydrogens (tertiary/aromatic N) is 5. The van der Waals surface area contributed by atoms with E-state index >= 15 is 0 Å². The molecule has 304 valence electrons. The van der Waals surface area contributed by atoms with Crippen molar-refractivity contribution in [1.29, 1.82) is 0 Å². The first-order valence-corrected chi connectivity index (χ1v) is 20.0. The first kappa shape index (κ1) is 42.4. The number of rotatable bonds is 23. The third-order valence-electron chi connectivity index (χ3n) is 11.7. The number of unbranched alkanes of at least 4 members (excludes halogenated alkanes) is 3. The van der Waals surface area contributed by atoms with Gasteiger partial charge < -0.3 is 19.7 Å². The predicted octanol–water partition coefficient (Wildman–Crippen LogP) is 4.43. The molecule has 4 amide bonds. The number of methoxy groups -OCH3 is 1. The van der Waals surface area contributed by atoms with Crippen LogP contribution in [-0.2, 0) is 44.8 Å². The predicted molar refractivity (Wildman–Crippen MR) is 206 cm³/mol. The second-order valence-corrected chi connectivity index (χ2v) is 16.1. The summed E-state index contributed by atoms with van der Waals surface area (Å²) in [5.74, 6) is -0.896. The van der Waals surface area contributed by atoms with Gasteiger partial charge in [0.05, 0.1) is 37.2 Å². The number of imide groups is 1. The van der Waals surface area contributed by atoms with Crippen molar-refractivity contribution < 1.29 is 38.2 Å². The minimum atomic E-state index is -0.661. The maximum Gasteiger partial charge on any atom is 0.334 e. The highest BCUT2D eigenvalue weighted by Gasteiger charge is 2.58. The van der Waals surface area contributed by atoms with E-state index in [4.69, 9.17) is 9.47 Å². The highest BCUT2D eigenvalue weighted by atomic mass is 16.6. The van der Waals surface area contributed by atoms with Gasteiger partial charge in [0.15, 0.2) is 6.10 Å². The van der Waals surface area contributed by atoms with Crippen LogP contribution in [0.4, 0.5) is 0 Å². The number of fused-ring (bicyclic) bond motifs is 5. The van der Waals surface area contributed by atoms with Crippen LogP contribution in [0.25, 0.3) is 0 Å². The molecule has 2 aliphatic carbocycles. The molecular formula is C42H58N6O8. The smallest absolute Gasteiger partial charge is 0.334 e. The van der Waals surface area contributed by atoms with Crippen LogP contribution in [0.1, 0.15) is 103 Å². The van der Waals surface area contributed by atoms with E-state index in [1.807, 2.05) is 50.4 Å². The van der Waals surface area contributed by atoms with E-state index in [1.54, 1.807) is 23.4 Å². The lowest BCUT2D eigenvalue weighted by Crippen LogP contribution is -2.34. The zero-order chi connectivity index (χ0) is 40.4. The second-order valence-electron chi connectivity index (χ2n) is 16.1. The highest BCUT2D eigenvalue weighted by Crippen LogP contribution is 2.52. The summed E-state index contributed by atoms with van der Waals surface area (Å²) < 4.78 is 11.8. The summed E-state index contributed by atoms with van der Waals surface area (Å²) in [6.07, 6.45) is 10.2. The van der Waals surface area contributed by atoms with Gasteiger partial charge in [-0.2, -0.15) is 0 Å². The van der Waals surface area contributed by atoms with Gasteiger partial charge in [0.1, 0.15) is 11.5 Å². The monoisotopic (exact) mass is 774 g/mol. The number of ether oxygens (including phenoxy) is 2. The zero-order valence-electron chi connectivity index (χ0n) is 33.5. The maximum absolute atomic E-state index is 13.6. The fraction of sp³-hybridized carbons (Fsp3) is 0.619. The molecule has 6 atom stereocenters. The van der Waals surface area contributed by atoms with Gasteiger partial charge in [0.25, 0.3) is 0 Å². The number of carbonyl (C=O) groups is 6. The molecule has 2 heterocycles. The van der Waals surface area contributed by atoms with Crippen LogP contribution in [0.15, 0.2) is 48.7 Å². The van der Waals surface area contributed by atoms with E-state index < -0.39 is 17.5 Å². The van der Waals surface area contributed by atoms with Crippen molar-refractivity contribution in [1.82, 2.24) is 30.1 Å². The zero-order valence-corrected chi connectivity index (χ0v) is 33.5. The average molecular weight is 775 g/mol. The van der Waals surface area contributed by atoms with Gasteiger partial charge >= 0.3 is 5.97 Å². The maximum atomic E-state index is 13.6. The van der Waals surface area contributed by atoms with Crippen LogP contribution < -0.4 is 5.32 Å². The van der Waals surface area contributed by atoms with E-state index in [0.717, 1.165) is 24.8 Å². The Labute approximate surface area is 329 Å². The molecule has 56 heavy (non-hydrogen) atoms. The molecule has 1 aromatic carbocycles. The van der Waals surface area contributed by atoms with Crippen molar-refractivity contribution >= 4 is 35.4 Å². The molecule has 2 fully saturated rings. The minimum Gasteiger partial charge on any atom is -0.464 e. The van der Waals surface area contributed by atoms with Crippen LogP contribution in [0, 0.1) is 29.1 Å². The summed E-state index contributed by atoms with van der Waals surface area (Å²) in [7, 11) is 1.42. The van der Waals surface area contributed by atoms with Gasteiger partial charge in [-0.1, -0.05) is 74.4 Å². The molecule has 2 aromatic rings. The SMILES string of the molecule is COC(C)C(=O)OCCCNC(=O)CCC(=O)N(CCCCCCN1C(=O)[C@@H]2[C@H](C1=O)[C@H]1C=C[C@@H]2C1)Cc1cn(C(CC(C)(C)C(C)=O)c2ccccc2)nn1. The lowest BCUT2D eigenvalue weighted by molar-refractivity contribution is -0.154. The number of hydrogen-bond donors (Lipinski definition) is 1. The standard InChI is InChI=1S/C42H58N6O8/c1-28(55-5)41(54)56-23-13-20-43-35(50)18-19-36(51)46(21-11-6-7-12-22-47-39(52)37-31-16-17-32(24-31)38(37)40(47)53)26-33-27-48(45-44-33)34(25-42(3,4)29(2)49)30-14-9-8-10-15-30/h8-10,14-17,27-28,31-32,34,37-38H,6-7,11-13,18-26H2,1-5H3,(H,43,50)/t28?,31-,32+,34?,37+,38-. The fourth-order valence-electron chi connectivity index (χ4n) is 7.96. The van der Waals surface area contributed by atoms with Gasteiger partial charge in [-0.25, -0.2) is 9.48 Å². The van der Waals surface area contributed by atoms with Crippen LogP contribution in [-0.4, -0.2) is 99.6 Å². The molecule has 0 spiro atoms. The topological polar surface area (TPSA) is 170 Å². The lowest BCUT2D eigenvalue weighted by atomic mass is 9.80. The van der Waals surface area contributed by atoms with Crippen LogP contribution in [0.3, 0.4) is 0 Å².